The molecule has 1 rings (SSSR count). The van der Waals surface area contributed by atoms with Crippen LogP contribution in [0.2, 0.25) is 0 Å². The maximum Gasteiger partial charge on any atom is 0.0110 e. The lowest BCUT2D eigenvalue weighted by Crippen LogP contribution is -2.11. The fraction of sp³-hybridized carbons (Fsp3) is 1.00. The Bertz CT molecular complexity index is 87.2. The third-order valence-electron chi connectivity index (χ3n) is 1.72. The van der Waals surface area contributed by atoms with Crippen molar-refractivity contribution < 1.29 is 0 Å². The van der Waals surface area contributed by atoms with E-state index in [1.54, 1.807) is 0 Å². The average molecular weight is 127 g/mol. The summed E-state index contributed by atoms with van der Waals surface area (Å²) in [6.07, 6.45) is 1.34. The van der Waals surface area contributed by atoms with Crippen LogP contribution in [0.5, 0.6) is 0 Å². The molecule has 0 atom stereocenters. The molecule has 0 amide bonds. The molecule has 0 spiro atoms. The molecule has 1 fully saturated rings. The zero-order valence-corrected chi connectivity index (χ0v) is 6.78. The molecule has 0 radical (unpaired) electrons. The molecule has 1 heteroatoms. The zero-order valence-electron chi connectivity index (χ0n) is 6.78. The molecule has 1 saturated heterocycles. The molecule has 54 valence electrons. The van der Waals surface area contributed by atoms with Gasteiger partial charge in [-0.2, -0.15) is 0 Å². The van der Waals surface area contributed by atoms with Crippen LogP contribution in [-0.2, 0) is 0 Å². The minimum atomic E-state index is 0.530. The molecule has 0 saturated carbocycles. The van der Waals surface area contributed by atoms with Gasteiger partial charge in [-0.15, -0.1) is 0 Å². The van der Waals surface area contributed by atoms with Crippen molar-refractivity contribution in [3.63, 3.8) is 0 Å². The quantitative estimate of drug-likeness (QED) is 0.511. The summed E-state index contributed by atoms with van der Waals surface area (Å²) >= 11 is 0. The van der Waals surface area contributed by atoms with E-state index >= 15 is 0 Å². The van der Waals surface area contributed by atoms with E-state index in [1.165, 1.54) is 26.1 Å². The second-order valence-corrected chi connectivity index (χ2v) is 4.15. The molecule has 0 bridgehead atoms. The summed E-state index contributed by atoms with van der Waals surface area (Å²) in [6, 6.07) is 0. The highest BCUT2D eigenvalue weighted by Gasteiger charge is 2.19. The third-order valence-corrected chi connectivity index (χ3v) is 1.72. The molecule has 0 aliphatic carbocycles. The molecule has 1 aliphatic rings. The van der Waals surface area contributed by atoms with Gasteiger partial charge in [-0.3, -0.25) is 0 Å². The molecule has 0 aromatic rings. The fourth-order valence-corrected chi connectivity index (χ4v) is 0.788. The number of rotatable bonds is 2. The van der Waals surface area contributed by atoms with E-state index in [1.807, 2.05) is 0 Å². The fourth-order valence-electron chi connectivity index (χ4n) is 0.788. The lowest BCUT2D eigenvalue weighted by Gasteiger charge is -2.17. The molecule has 1 heterocycles. The van der Waals surface area contributed by atoms with Gasteiger partial charge in [-0.05, 0) is 18.4 Å². The van der Waals surface area contributed by atoms with E-state index in [0.29, 0.717) is 5.41 Å². The molecule has 0 N–H and O–H groups in total. The van der Waals surface area contributed by atoms with Crippen LogP contribution in [0.4, 0.5) is 0 Å². The lowest BCUT2D eigenvalue weighted by atomic mass is 9.92. The van der Waals surface area contributed by atoms with Crippen molar-refractivity contribution in [3.05, 3.63) is 0 Å². The minimum absolute atomic E-state index is 0.530. The Morgan fingerprint density at radius 2 is 1.78 bits per heavy atom. The van der Waals surface area contributed by atoms with Crippen molar-refractivity contribution in [2.75, 3.05) is 19.6 Å². The van der Waals surface area contributed by atoms with Crippen molar-refractivity contribution >= 4 is 0 Å². The standard InChI is InChI=1S/C8H17N/c1-8(2,3)4-5-9-6-7-9/h4-7H2,1-3H3. The van der Waals surface area contributed by atoms with Gasteiger partial charge in [-0.25, -0.2) is 0 Å². The number of hydrogen-bond acceptors (Lipinski definition) is 1. The topological polar surface area (TPSA) is 3.01 Å². The summed E-state index contributed by atoms with van der Waals surface area (Å²) in [5.74, 6) is 0. The van der Waals surface area contributed by atoms with Gasteiger partial charge in [0.25, 0.3) is 0 Å². The molecule has 1 nitrogen and oxygen atoms in total. The van der Waals surface area contributed by atoms with Crippen LogP contribution in [0, 0.1) is 5.41 Å². The normalized spacial score (nSPS) is 20.3. The van der Waals surface area contributed by atoms with E-state index in [2.05, 4.69) is 25.7 Å². The number of hydrogen-bond donors (Lipinski definition) is 0. The summed E-state index contributed by atoms with van der Waals surface area (Å²) in [5.41, 5.74) is 0.530. The predicted molar refractivity (Wildman–Crippen MR) is 40.5 cm³/mol. The summed E-state index contributed by atoms with van der Waals surface area (Å²) in [4.78, 5) is 2.48. The maximum absolute atomic E-state index is 2.48. The highest BCUT2D eigenvalue weighted by atomic mass is 15.2. The van der Waals surface area contributed by atoms with Gasteiger partial charge in [0.2, 0.25) is 0 Å². The number of nitrogens with zero attached hydrogens (tertiary/aromatic N) is 1. The molecular formula is C8H17N. The van der Waals surface area contributed by atoms with Gasteiger partial charge in [0.1, 0.15) is 0 Å². The second kappa shape index (κ2) is 2.30. The van der Waals surface area contributed by atoms with Gasteiger partial charge in [0, 0.05) is 13.1 Å². The average Bonchev–Trinajstić information content (AvgIpc) is 2.38. The molecule has 0 aromatic heterocycles. The molecule has 0 aromatic carbocycles. The monoisotopic (exact) mass is 127 g/mol. The first kappa shape index (κ1) is 7.07. The van der Waals surface area contributed by atoms with Gasteiger partial charge in [-0.1, -0.05) is 20.8 Å². The first-order valence-corrected chi connectivity index (χ1v) is 3.80. The van der Waals surface area contributed by atoms with Gasteiger partial charge in [0.05, 0.1) is 0 Å². The van der Waals surface area contributed by atoms with Crippen molar-refractivity contribution in [2.24, 2.45) is 5.41 Å². The Labute approximate surface area is 58.0 Å². The lowest BCUT2D eigenvalue weighted by molar-refractivity contribution is 0.339. The smallest absolute Gasteiger partial charge is 0.0110 e. The summed E-state index contributed by atoms with van der Waals surface area (Å²) in [7, 11) is 0. The van der Waals surface area contributed by atoms with E-state index in [-0.39, 0.29) is 0 Å². The summed E-state index contributed by atoms with van der Waals surface area (Å²) < 4.78 is 0. The summed E-state index contributed by atoms with van der Waals surface area (Å²) in [6.45, 7) is 10.9. The van der Waals surface area contributed by atoms with Crippen molar-refractivity contribution in [1.29, 1.82) is 0 Å². The molecule has 1 aliphatic heterocycles. The van der Waals surface area contributed by atoms with E-state index < -0.39 is 0 Å². The third kappa shape index (κ3) is 3.52. The van der Waals surface area contributed by atoms with Crippen LogP contribution in [0.25, 0.3) is 0 Å². The van der Waals surface area contributed by atoms with Crippen molar-refractivity contribution in [3.8, 4) is 0 Å². The van der Waals surface area contributed by atoms with Gasteiger partial charge in [0.15, 0.2) is 0 Å². The van der Waals surface area contributed by atoms with Crippen molar-refractivity contribution in [1.82, 2.24) is 4.90 Å². The molecule has 9 heavy (non-hydrogen) atoms. The summed E-state index contributed by atoms with van der Waals surface area (Å²) in [5, 5.41) is 0. The van der Waals surface area contributed by atoms with Gasteiger partial charge >= 0.3 is 0 Å². The highest BCUT2D eigenvalue weighted by Crippen LogP contribution is 2.20. The first-order chi connectivity index (χ1) is 4.08. The Morgan fingerprint density at radius 3 is 2.11 bits per heavy atom. The first-order valence-electron chi connectivity index (χ1n) is 3.80. The van der Waals surface area contributed by atoms with E-state index in [4.69, 9.17) is 0 Å². The zero-order chi connectivity index (χ0) is 6.91. The molecule has 0 unspecified atom stereocenters. The Kier molecular flexibility index (Phi) is 1.80. The predicted octanol–water partition coefficient (Wildman–Crippen LogP) is 1.74. The van der Waals surface area contributed by atoms with Crippen molar-refractivity contribution in [2.45, 2.75) is 27.2 Å². The van der Waals surface area contributed by atoms with Crippen LogP contribution >= 0.6 is 0 Å². The Morgan fingerprint density at radius 1 is 1.22 bits per heavy atom. The van der Waals surface area contributed by atoms with Crippen LogP contribution in [0.3, 0.4) is 0 Å². The van der Waals surface area contributed by atoms with Crippen LogP contribution in [0.15, 0.2) is 0 Å². The maximum atomic E-state index is 2.48. The van der Waals surface area contributed by atoms with E-state index in [0.717, 1.165) is 0 Å². The van der Waals surface area contributed by atoms with E-state index in [9.17, 15) is 0 Å². The van der Waals surface area contributed by atoms with Crippen LogP contribution < -0.4 is 0 Å². The highest BCUT2D eigenvalue weighted by molar-refractivity contribution is 4.74. The largest absolute Gasteiger partial charge is 0.301 e. The minimum Gasteiger partial charge on any atom is -0.301 e. The van der Waals surface area contributed by atoms with Crippen LogP contribution in [0.1, 0.15) is 27.2 Å². The Hall–Kier alpha value is -0.0400. The van der Waals surface area contributed by atoms with Crippen LogP contribution in [-0.4, -0.2) is 24.5 Å². The molecular weight excluding hydrogens is 110 g/mol. The van der Waals surface area contributed by atoms with Gasteiger partial charge < -0.3 is 4.90 Å². The Balaban J connectivity index is 2.03. The second-order valence-electron chi connectivity index (χ2n) is 4.15. The SMILES string of the molecule is CC(C)(C)CCN1CC1.